The predicted octanol–water partition coefficient (Wildman–Crippen LogP) is 2.23. The third-order valence-electron chi connectivity index (χ3n) is 2.95. The lowest BCUT2D eigenvalue weighted by atomic mass is 9.96. The van der Waals surface area contributed by atoms with Gasteiger partial charge in [-0.05, 0) is 25.3 Å². The van der Waals surface area contributed by atoms with Gasteiger partial charge in [0, 0.05) is 12.0 Å². The number of Topliss-reactive ketones (excluding diaryl/α,β-unsaturated/α-hetero) is 1. The second-order valence-corrected chi connectivity index (χ2v) is 4.19. The highest BCUT2D eigenvalue weighted by molar-refractivity contribution is 5.94. The molecular weight excluding hydrogens is 202 g/mol. The van der Waals surface area contributed by atoms with Crippen LogP contribution in [0.1, 0.15) is 48.1 Å². The van der Waals surface area contributed by atoms with Gasteiger partial charge in [0.05, 0.1) is 6.04 Å². The van der Waals surface area contributed by atoms with Gasteiger partial charge < -0.3 is 5.32 Å². The summed E-state index contributed by atoms with van der Waals surface area (Å²) in [7, 11) is 0. The molecule has 2 rings (SSSR count). The summed E-state index contributed by atoms with van der Waals surface area (Å²) in [6.45, 7) is 1.55. The monoisotopic (exact) mass is 217 g/mol. The van der Waals surface area contributed by atoms with Crippen molar-refractivity contribution in [2.75, 3.05) is 0 Å². The fourth-order valence-corrected chi connectivity index (χ4v) is 2.01. The first kappa shape index (κ1) is 10.9. The Morgan fingerprint density at radius 1 is 1.31 bits per heavy atom. The van der Waals surface area contributed by atoms with E-state index < -0.39 is 0 Å². The molecule has 0 spiro atoms. The van der Waals surface area contributed by atoms with Crippen molar-refractivity contribution >= 4 is 11.7 Å². The van der Waals surface area contributed by atoms with Crippen LogP contribution in [0.2, 0.25) is 0 Å². The van der Waals surface area contributed by atoms with E-state index in [1.54, 1.807) is 6.92 Å². The van der Waals surface area contributed by atoms with Gasteiger partial charge in [-0.25, -0.2) is 0 Å². The molecule has 1 amide bonds. The lowest BCUT2D eigenvalue weighted by Gasteiger charge is -2.23. The molecule has 1 N–H and O–H groups in total. The van der Waals surface area contributed by atoms with Crippen molar-refractivity contribution in [2.45, 2.75) is 32.2 Å². The zero-order chi connectivity index (χ0) is 11.5. The predicted molar refractivity (Wildman–Crippen MR) is 61.2 cm³/mol. The molecule has 0 saturated carbocycles. The van der Waals surface area contributed by atoms with Crippen LogP contribution in [0.25, 0.3) is 0 Å². The van der Waals surface area contributed by atoms with E-state index in [9.17, 15) is 9.59 Å². The molecule has 0 bridgehead atoms. The fourth-order valence-electron chi connectivity index (χ4n) is 2.01. The first-order chi connectivity index (χ1) is 7.66. The van der Waals surface area contributed by atoms with Gasteiger partial charge in [0.25, 0.3) is 0 Å². The van der Waals surface area contributed by atoms with E-state index in [2.05, 4.69) is 5.32 Å². The number of carbonyl (C=O) groups is 2. The number of rotatable bonds is 2. The second kappa shape index (κ2) is 4.47. The van der Waals surface area contributed by atoms with Crippen LogP contribution in [0.4, 0.5) is 0 Å². The Kier molecular flexibility index (Phi) is 3.04. The van der Waals surface area contributed by atoms with Crippen LogP contribution in [0.5, 0.6) is 0 Å². The smallest absolute Gasteiger partial charge is 0.220 e. The minimum absolute atomic E-state index is 0.0687. The Morgan fingerprint density at radius 2 is 2.00 bits per heavy atom. The quantitative estimate of drug-likeness (QED) is 0.772. The summed E-state index contributed by atoms with van der Waals surface area (Å²) in [5.41, 5.74) is 1.80. The number of nitrogens with one attached hydrogen (secondary N) is 1. The topological polar surface area (TPSA) is 46.2 Å². The molecule has 1 unspecified atom stereocenters. The summed E-state index contributed by atoms with van der Waals surface area (Å²) >= 11 is 0. The maximum Gasteiger partial charge on any atom is 0.220 e. The molecule has 16 heavy (non-hydrogen) atoms. The van der Waals surface area contributed by atoms with Crippen molar-refractivity contribution in [3.8, 4) is 0 Å². The molecular formula is C13H15NO2. The van der Waals surface area contributed by atoms with Crippen molar-refractivity contribution in [2.24, 2.45) is 0 Å². The summed E-state index contributed by atoms with van der Waals surface area (Å²) in [5, 5.41) is 2.96. The van der Waals surface area contributed by atoms with E-state index in [1.807, 2.05) is 24.3 Å². The first-order valence-corrected chi connectivity index (χ1v) is 5.57. The zero-order valence-corrected chi connectivity index (χ0v) is 9.32. The summed E-state index contributed by atoms with van der Waals surface area (Å²) in [6.07, 6.45) is 2.54. The van der Waals surface area contributed by atoms with Crippen LogP contribution in [0.15, 0.2) is 24.3 Å². The molecule has 1 saturated heterocycles. The maximum absolute atomic E-state index is 11.3. The number of benzene rings is 1. The van der Waals surface area contributed by atoms with Gasteiger partial charge >= 0.3 is 0 Å². The number of hydrogen-bond donors (Lipinski definition) is 1. The van der Waals surface area contributed by atoms with Crippen molar-refractivity contribution < 1.29 is 9.59 Å². The first-order valence-electron chi connectivity index (χ1n) is 5.57. The average Bonchev–Trinajstić information content (AvgIpc) is 2.29. The Bertz CT molecular complexity index is 408. The molecule has 1 aliphatic heterocycles. The van der Waals surface area contributed by atoms with Crippen molar-refractivity contribution in [3.05, 3.63) is 35.4 Å². The largest absolute Gasteiger partial charge is 0.349 e. The number of ketones is 1. The standard InChI is InChI=1S/C13H15NO2/c1-9(15)10-5-7-11(8-6-10)12-3-2-4-13(16)14-12/h5-8,12H,2-4H2,1H3,(H,14,16). The average molecular weight is 217 g/mol. The van der Waals surface area contributed by atoms with Gasteiger partial charge in [0.15, 0.2) is 5.78 Å². The third kappa shape index (κ3) is 2.30. The highest BCUT2D eigenvalue weighted by Gasteiger charge is 2.19. The fraction of sp³-hybridized carbons (Fsp3) is 0.385. The summed E-state index contributed by atoms with van der Waals surface area (Å²) < 4.78 is 0. The molecule has 0 aliphatic carbocycles. The van der Waals surface area contributed by atoms with Crippen LogP contribution in [0, 0.1) is 0 Å². The molecule has 84 valence electrons. The molecule has 3 nitrogen and oxygen atoms in total. The number of piperidine rings is 1. The third-order valence-corrected chi connectivity index (χ3v) is 2.95. The van der Waals surface area contributed by atoms with Gasteiger partial charge in [-0.3, -0.25) is 9.59 Å². The summed E-state index contributed by atoms with van der Waals surface area (Å²) in [5.74, 6) is 0.186. The molecule has 1 heterocycles. The lowest BCUT2D eigenvalue weighted by Crippen LogP contribution is -2.32. The zero-order valence-electron chi connectivity index (χ0n) is 9.32. The van der Waals surface area contributed by atoms with Crippen molar-refractivity contribution in [3.63, 3.8) is 0 Å². The maximum atomic E-state index is 11.3. The molecule has 1 aliphatic rings. The molecule has 1 fully saturated rings. The van der Waals surface area contributed by atoms with E-state index in [0.29, 0.717) is 12.0 Å². The minimum Gasteiger partial charge on any atom is -0.349 e. The van der Waals surface area contributed by atoms with Gasteiger partial charge in [0.1, 0.15) is 0 Å². The SMILES string of the molecule is CC(=O)c1ccc(C2CCCC(=O)N2)cc1. The van der Waals surface area contributed by atoms with E-state index in [1.165, 1.54) is 0 Å². The molecule has 1 atom stereocenters. The van der Waals surface area contributed by atoms with Crippen LogP contribution < -0.4 is 5.32 Å². The van der Waals surface area contributed by atoms with E-state index in [0.717, 1.165) is 18.4 Å². The van der Waals surface area contributed by atoms with Gasteiger partial charge in [0.2, 0.25) is 5.91 Å². The minimum atomic E-state index is 0.0687. The van der Waals surface area contributed by atoms with Gasteiger partial charge in [-0.2, -0.15) is 0 Å². The van der Waals surface area contributed by atoms with E-state index in [-0.39, 0.29) is 17.7 Å². The van der Waals surface area contributed by atoms with Crippen molar-refractivity contribution in [1.82, 2.24) is 5.32 Å². The lowest BCUT2D eigenvalue weighted by molar-refractivity contribution is -0.123. The number of carbonyl (C=O) groups excluding carboxylic acids is 2. The Hall–Kier alpha value is -1.64. The molecule has 0 aromatic heterocycles. The highest BCUT2D eigenvalue weighted by Crippen LogP contribution is 2.23. The van der Waals surface area contributed by atoms with E-state index >= 15 is 0 Å². The Morgan fingerprint density at radius 3 is 2.56 bits per heavy atom. The Balaban J connectivity index is 2.14. The second-order valence-electron chi connectivity index (χ2n) is 4.19. The molecule has 0 radical (unpaired) electrons. The van der Waals surface area contributed by atoms with Crippen LogP contribution >= 0.6 is 0 Å². The normalized spacial score (nSPS) is 20.3. The van der Waals surface area contributed by atoms with E-state index in [4.69, 9.17) is 0 Å². The highest BCUT2D eigenvalue weighted by atomic mass is 16.1. The number of hydrogen-bond acceptors (Lipinski definition) is 2. The summed E-state index contributed by atoms with van der Waals surface area (Å²) in [4.78, 5) is 22.4. The summed E-state index contributed by atoms with van der Waals surface area (Å²) in [6, 6.07) is 7.60. The van der Waals surface area contributed by atoms with Crippen LogP contribution in [-0.4, -0.2) is 11.7 Å². The van der Waals surface area contributed by atoms with Gasteiger partial charge in [-0.1, -0.05) is 24.3 Å². The van der Waals surface area contributed by atoms with Crippen molar-refractivity contribution in [1.29, 1.82) is 0 Å². The van der Waals surface area contributed by atoms with Gasteiger partial charge in [-0.15, -0.1) is 0 Å². The number of amides is 1. The molecule has 1 aromatic carbocycles. The molecule has 3 heteroatoms. The van der Waals surface area contributed by atoms with Crippen LogP contribution in [0.3, 0.4) is 0 Å². The Labute approximate surface area is 94.9 Å². The van der Waals surface area contributed by atoms with Crippen LogP contribution in [-0.2, 0) is 4.79 Å². The molecule has 1 aromatic rings.